The van der Waals surface area contributed by atoms with Gasteiger partial charge in [0, 0.05) is 25.7 Å². The number of rotatable bonds is 9. The van der Waals surface area contributed by atoms with E-state index in [4.69, 9.17) is 16.3 Å². The predicted molar refractivity (Wildman–Crippen MR) is 115 cm³/mol. The third-order valence-electron chi connectivity index (χ3n) is 4.63. The Morgan fingerprint density at radius 1 is 1.10 bits per heavy atom. The number of ether oxygens (including phenoxy) is 1. The number of amides is 1. The van der Waals surface area contributed by atoms with Crippen molar-refractivity contribution in [3.8, 4) is 5.75 Å². The molecule has 0 aliphatic heterocycles. The van der Waals surface area contributed by atoms with Crippen LogP contribution in [0.15, 0.2) is 47.4 Å². The average Bonchev–Trinajstić information content (AvgIpc) is 2.69. The highest BCUT2D eigenvalue weighted by molar-refractivity contribution is 7.89. The largest absolute Gasteiger partial charge is 0.491 e. The van der Waals surface area contributed by atoms with E-state index in [1.54, 1.807) is 20.9 Å². The van der Waals surface area contributed by atoms with Gasteiger partial charge in [0.15, 0.2) is 0 Å². The lowest BCUT2D eigenvalue weighted by molar-refractivity contribution is 0.0773. The van der Waals surface area contributed by atoms with E-state index in [1.807, 2.05) is 31.2 Å². The Hall–Kier alpha value is -2.09. The molecule has 0 aromatic heterocycles. The third-order valence-corrected chi connectivity index (χ3v) is 7.16. The van der Waals surface area contributed by atoms with Crippen LogP contribution in [0.5, 0.6) is 5.75 Å². The van der Waals surface area contributed by atoms with Crippen molar-refractivity contribution in [1.82, 2.24) is 9.21 Å². The summed E-state index contributed by atoms with van der Waals surface area (Å²) in [5, 5.41) is 0.0963. The highest BCUT2D eigenvalue weighted by atomic mass is 35.5. The predicted octanol–water partition coefficient (Wildman–Crippen LogP) is 3.83. The van der Waals surface area contributed by atoms with Crippen LogP contribution in [0.4, 0.5) is 0 Å². The van der Waals surface area contributed by atoms with Gasteiger partial charge in [-0.05, 0) is 36.8 Å². The summed E-state index contributed by atoms with van der Waals surface area (Å²) in [5.41, 5.74) is 1.28. The minimum Gasteiger partial charge on any atom is -0.491 e. The summed E-state index contributed by atoms with van der Waals surface area (Å²) in [6.07, 6.45) is 0. The highest BCUT2D eigenvalue weighted by Gasteiger charge is 2.26. The molecule has 0 saturated heterocycles. The van der Waals surface area contributed by atoms with Gasteiger partial charge in [0.2, 0.25) is 10.0 Å². The van der Waals surface area contributed by atoms with E-state index >= 15 is 0 Å². The first-order valence-electron chi connectivity index (χ1n) is 9.46. The second-order valence-electron chi connectivity index (χ2n) is 6.58. The number of aryl methyl sites for hydroxylation is 1. The van der Waals surface area contributed by atoms with E-state index in [-0.39, 0.29) is 21.4 Å². The monoisotopic (exact) mass is 438 g/mol. The maximum atomic E-state index is 12.8. The summed E-state index contributed by atoms with van der Waals surface area (Å²) in [6, 6.07) is 12.0. The van der Waals surface area contributed by atoms with Crippen molar-refractivity contribution < 1.29 is 17.9 Å². The molecule has 0 fully saturated rings. The number of benzene rings is 2. The summed E-state index contributed by atoms with van der Waals surface area (Å²) in [5.74, 6) is 0.471. The van der Waals surface area contributed by atoms with E-state index in [0.29, 0.717) is 26.2 Å². The van der Waals surface area contributed by atoms with E-state index in [1.165, 1.54) is 27.4 Å². The second-order valence-corrected chi connectivity index (χ2v) is 8.89. The van der Waals surface area contributed by atoms with Crippen molar-refractivity contribution in [3.63, 3.8) is 0 Å². The molecule has 2 aromatic carbocycles. The lowest BCUT2D eigenvalue weighted by atomic mass is 10.2. The van der Waals surface area contributed by atoms with Gasteiger partial charge in [0.1, 0.15) is 17.3 Å². The van der Waals surface area contributed by atoms with Crippen LogP contribution < -0.4 is 4.74 Å². The number of hydrogen-bond donors (Lipinski definition) is 0. The lowest BCUT2D eigenvalue weighted by Crippen LogP contribution is -2.32. The molecule has 8 heteroatoms. The van der Waals surface area contributed by atoms with Crippen LogP contribution >= 0.6 is 11.6 Å². The van der Waals surface area contributed by atoms with Crippen molar-refractivity contribution >= 4 is 27.5 Å². The Morgan fingerprint density at radius 2 is 1.76 bits per heavy atom. The first-order chi connectivity index (χ1) is 13.7. The molecule has 0 N–H and O–H groups in total. The van der Waals surface area contributed by atoms with Crippen LogP contribution in [0.25, 0.3) is 0 Å². The van der Waals surface area contributed by atoms with Crippen molar-refractivity contribution in [2.24, 2.45) is 0 Å². The summed E-state index contributed by atoms with van der Waals surface area (Å²) < 4.78 is 32.7. The first-order valence-corrected chi connectivity index (χ1v) is 11.3. The zero-order valence-corrected chi connectivity index (χ0v) is 18.8. The van der Waals surface area contributed by atoms with Gasteiger partial charge in [-0.3, -0.25) is 4.79 Å². The molecule has 0 radical (unpaired) electrons. The van der Waals surface area contributed by atoms with Crippen molar-refractivity contribution in [1.29, 1.82) is 0 Å². The van der Waals surface area contributed by atoms with Gasteiger partial charge >= 0.3 is 0 Å². The minimum atomic E-state index is -3.77. The number of halogens is 1. The summed E-state index contributed by atoms with van der Waals surface area (Å²) in [6.45, 7) is 6.79. The van der Waals surface area contributed by atoms with Gasteiger partial charge < -0.3 is 9.64 Å². The molecule has 2 rings (SSSR count). The zero-order valence-electron chi connectivity index (χ0n) is 17.2. The molecule has 0 spiro atoms. The molecule has 0 heterocycles. The van der Waals surface area contributed by atoms with Crippen LogP contribution in [0.2, 0.25) is 5.02 Å². The average molecular weight is 439 g/mol. The Balaban J connectivity index is 2.13. The minimum absolute atomic E-state index is 0.0572. The molecular formula is C21H27ClN2O4S. The quantitative estimate of drug-likeness (QED) is 0.596. The van der Waals surface area contributed by atoms with Crippen LogP contribution in [0.1, 0.15) is 29.8 Å². The Labute approximate surface area is 178 Å². The van der Waals surface area contributed by atoms with Gasteiger partial charge in [-0.25, -0.2) is 8.42 Å². The molecule has 2 aromatic rings. The van der Waals surface area contributed by atoms with E-state index < -0.39 is 10.0 Å². The van der Waals surface area contributed by atoms with Crippen molar-refractivity contribution in [2.75, 3.05) is 33.3 Å². The molecule has 0 atom stereocenters. The van der Waals surface area contributed by atoms with E-state index in [9.17, 15) is 13.2 Å². The molecule has 29 heavy (non-hydrogen) atoms. The summed E-state index contributed by atoms with van der Waals surface area (Å²) >= 11 is 6.14. The maximum Gasteiger partial charge on any atom is 0.253 e. The fourth-order valence-electron chi connectivity index (χ4n) is 2.87. The Bertz CT molecular complexity index is 959. The number of hydrogen-bond acceptors (Lipinski definition) is 4. The van der Waals surface area contributed by atoms with Crippen molar-refractivity contribution in [2.45, 2.75) is 25.7 Å². The third kappa shape index (κ3) is 5.50. The normalized spacial score (nSPS) is 11.5. The van der Waals surface area contributed by atoms with E-state index in [0.717, 1.165) is 11.3 Å². The number of carbonyl (C=O) groups excluding carboxylic acids is 1. The highest BCUT2D eigenvalue weighted by Crippen LogP contribution is 2.26. The smallest absolute Gasteiger partial charge is 0.253 e. The Morgan fingerprint density at radius 3 is 2.38 bits per heavy atom. The van der Waals surface area contributed by atoms with Gasteiger partial charge in [-0.15, -0.1) is 0 Å². The first kappa shape index (κ1) is 23.2. The van der Waals surface area contributed by atoms with Crippen LogP contribution in [0.3, 0.4) is 0 Å². The zero-order chi connectivity index (χ0) is 21.6. The number of likely N-dealkylation sites (N-methyl/N-ethyl adjacent to an activating group) is 1. The molecule has 0 saturated carbocycles. The van der Waals surface area contributed by atoms with Gasteiger partial charge in [-0.2, -0.15) is 4.31 Å². The lowest BCUT2D eigenvalue weighted by Gasteiger charge is -2.21. The van der Waals surface area contributed by atoms with Gasteiger partial charge in [0.05, 0.1) is 11.6 Å². The molecular weight excluding hydrogens is 412 g/mol. The molecule has 0 unspecified atom stereocenters. The number of carbonyl (C=O) groups is 1. The fraction of sp³-hybridized carbons (Fsp3) is 0.381. The molecule has 1 amide bonds. The molecule has 0 bridgehead atoms. The van der Waals surface area contributed by atoms with Crippen LogP contribution in [-0.2, 0) is 10.0 Å². The summed E-state index contributed by atoms with van der Waals surface area (Å²) in [4.78, 5) is 14.2. The van der Waals surface area contributed by atoms with Crippen LogP contribution in [0, 0.1) is 6.92 Å². The topological polar surface area (TPSA) is 66.9 Å². The van der Waals surface area contributed by atoms with Gasteiger partial charge in [0.25, 0.3) is 5.91 Å². The van der Waals surface area contributed by atoms with Gasteiger partial charge in [-0.1, -0.05) is 43.6 Å². The molecule has 0 aliphatic carbocycles. The standard InChI is InChI=1S/C21H27ClN2O4S/c1-5-24(6-2)29(26,27)20-15-17(11-12-18(20)22)21(25)23(4)13-14-28-19-10-8-7-9-16(19)3/h7-12,15H,5-6,13-14H2,1-4H3. The summed E-state index contributed by atoms with van der Waals surface area (Å²) in [7, 11) is -2.12. The van der Waals surface area contributed by atoms with E-state index in [2.05, 4.69) is 0 Å². The second kappa shape index (κ2) is 10.1. The SMILES string of the molecule is CCN(CC)S(=O)(=O)c1cc(C(=O)N(C)CCOc2ccccc2C)ccc1Cl. The maximum absolute atomic E-state index is 12.8. The fourth-order valence-corrected chi connectivity index (χ4v) is 4.83. The number of nitrogens with zero attached hydrogens (tertiary/aromatic N) is 2. The molecule has 0 aliphatic rings. The Kier molecular flexibility index (Phi) is 8.07. The van der Waals surface area contributed by atoms with Crippen LogP contribution in [-0.4, -0.2) is 56.8 Å². The number of sulfonamides is 1. The number of para-hydroxylation sites is 1. The molecule has 158 valence electrons. The molecule has 6 nitrogen and oxygen atoms in total. The van der Waals surface area contributed by atoms with Crippen molar-refractivity contribution in [3.05, 3.63) is 58.6 Å².